The number of fused-ring (bicyclic) bond motifs is 9. The van der Waals surface area contributed by atoms with E-state index in [9.17, 15) is 0 Å². The van der Waals surface area contributed by atoms with Crippen molar-refractivity contribution in [2.75, 3.05) is 0 Å². The number of rotatable bonds is 8. The van der Waals surface area contributed by atoms with Crippen LogP contribution in [-0.4, -0.2) is 19.5 Å². The average Bonchev–Trinajstić information content (AvgIpc) is 4.27. The molecule has 14 aromatic rings. The average molecular weight is 973 g/mol. The molecule has 0 spiro atoms. The number of aromatic nitrogens is 4. The number of nitrogens with zero attached hydrogens (tertiary/aromatic N) is 4. The van der Waals surface area contributed by atoms with Crippen molar-refractivity contribution < 1.29 is 0 Å². The van der Waals surface area contributed by atoms with Gasteiger partial charge < -0.3 is 4.57 Å². The molecule has 0 saturated heterocycles. The predicted octanol–water partition coefficient (Wildman–Crippen LogP) is 18.0. The molecular weight excluding hydrogens is 929 g/mol. The zero-order valence-corrected chi connectivity index (χ0v) is 41.4. The van der Waals surface area contributed by atoms with Crippen LogP contribution in [0.4, 0.5) is 0 Å². The molecular formula is C70H44N4S. The molecule has 3 aromatic heterocycles. The molecule has 4 nitrogen and oxygen atoms in total. The Kier molecular flexibility index (Phi) is 9.94. The molecule has 5 heteroatoms. The van der Waals surface area contributed by atoms with Gasteiger partial charge in [-0.15, -0.1) is 11.3 Å². The van der Waals surface area contributed by atoms with Gasteiger partial charge in [-0.2, -0.15) is 0 Å². The molecule has 0 atom stereocenters. The molecule has 0 unspecified atom stereocenters. The van der Waals surface area contributed by atoms with Crippen LogP contribution in [0.1, 0.15) is 22.3 Å². The van der Waals surface area contributed by atoms with E-state index >= 15 is 0 Å². The summed E-state index contributed by atoms with van der Waals surface area (Å²) < 4.78 is 4.83. The van der Waals surface area contributed by atoms with Crippen molar-refractivity contribution in [1.29, 1.82) is 0 Å². The fourth-order valence-corrected chi connectivity index (χ4v) is 13.2. The number of hydrogen-bond acceptors (Lipinski definition) is 4. The fourth-order valence-electron chi connectivity index (χ4n) is 12.1. The van der Waals surface area contributed by atoms with E-state index in [1.807, 2.05) is 47.7 Å². The molecule has 0 radical (unpaired) electrons. The highest BCUT2D eigenvalue weighted by Crippen LogP contribution is 2.59. The topological polar surface area (TPSA) is 43.6 Å². The van der Waals surface area contributed by atoms with Gasteiger partial charge in [0.1, 0.15) is 0 Å². The Morgan fingerprint density at radius 3 is 1.45 bits per heavy atom. The summed E-state index contributed by atoms with van der Waals surface area (Å²) >= 11 is 1.81. The predicted molar refractivity (Wildman–Crippen MR) is 312 cm³/mol. The first kappa shape index (κ1) is 43.1. The first-order valence-electron chi connectivity index (χ1n) is 25.5. The van der Waals surface area contributed by atoms with Crippen LogP contribution in [0.25, 0.3) is 115 Å². The van der Waals surface area contributed by atoms with E-state index in [1.165, 1.54) is 70.1 Å². The minimum absolute atomic E-state index is 0.534. The van der Waals surface area contributed by atoms with Gasteiger partial charge in [0.15, 0.2) is 17.5 Å². The zero-order valence-electron chi connectivity index (χ0n) is 40.6. The van der Waals surface area contributed by atoms with Crippen LogP contribution in [-0.2, 0) is 5.41 Å². The van der Waals surface area contributed by atoms with Gasteiger partial charge in [-0.25, -0.2) is 15.0 Å². The third-order valence-electron chi connectivity index (χ3n) is 15.3. The quantitative estimate of drug-likeness (QED) is 0.152. The summed E-state index contributed by atoms with van der Waals surface area (Å²) in [5, 5.41) is 4.73. The molecule has 1 aliphatic carbocycles. The maximum atomic E-state index is 5.18. The monoisotopic (exact) mass is 972 g/mol. The van der Waals surface area contributed by atoms with Gasteiger partial charge in [-0.3, -0.25) is 0 Å². The van der Waals surface area contributed by atoms with Gasteiger partial charge in [0.25, 0.3) is 0 Å². The molecule has 0 amide bonds. The second-order valence-corrected chi connectivity index (χ2v) is 20.5. The third-order valence-corrected chi connectivity index (χ3v) is 16.5. The smallest absolute Gasteiger partial charge is 0.164 e. The molecule has 0 bridgehead atoms. The summed E-state index contributed by atoms with van der Waals surface area (Å²) in [6.45, 7) is 0. The van der Waals surface area contributed by atoms with Gasteiger partial charge in [0.2, 0.25) is 0 Å². The second kappa shape index (κ2) is 17.3. The normalized spacial score (nSPS) is 12.6. The lowest BCUT2D eigenvalue weighted by molar-refractivity contribution is 0.770. The Morgan fingerprint density at radius 1 is 0.320 bits per heavy atom. The lowest BCUT2D eigenvalue weighted by atomic mass is 9.66. The van der Waals surface area contributed by atoms with E-state index in [4.69, 9.17) is 15.0 Å². The van der Waals surface area contributed by atoms with Crippen LogP contribution >= 0.6 is 11.3 Å². The molecule has 75 heavy (non-hydrogen) atoms. The summed E-state index contributed by atoms with van der Waals surface area (Å²) in [6.07, 6.45) is 0. The molecule has 0 saturated carbocycles. The molecule has 0 aliphatic heterocycles. The highest BCUT2D eigenvalue weighted by atomic mass is 32.1. The van der Waals surface area contributed by atoms with Gasteiger partial charge in [0, 0.05) is 53.3 Å². The first-order chi connectivity index (χ1) is 37.2. The largest absolute Gasteiger partial charge is 0.309 e. The van der Waals surface area contributed by atoms with Gasteiger partial charge >= 0.3 is 0 Å². The molecule has 1 aliphatic rings. The van der Waals surface area contributed by atoms with Crippen molar-refractivity contribution in [3.8, 4) is 73.2 Å². The fraction of sp³-hybridized carbons (Fsp3) is 0.0143. The lowest BCUT2D eigenvalue weighted by Crippen LogP contribution is -2.29. The third kappa shape index (κ3) is 6.79. The highest BCUT2D eigenvalue weighted by molar-refractivity contribution is 7.26. The van der Waals surface area contributed by atoms with Gasteiger partial charge in [0.05, 0.1) is 16.4 Å². The van der Waals surface area contributed by atoms with Crippen LogP contribution in [0.2, 0.25) is 0 Å². The minimum Gasteiger partial charge on any atom is -0.309 e. The maximum Gasteiger partial charge on any atom is 0.164 e. The second-order valence-electron chi connectivity index (χ2n) is 19.4. The Hall–Kier alpha value is -9.55. The van der Waals surface area contributed by atoms with Crippen molar-refractivity contribution in [1.82, 2.24) is 19.5 Å². The Bertz CT molecular complexity index is 4410. The highest BCUT2D eigenvalue weighted by Gasteiger charge is 2.47. The summed E-state index contributed by atoms with van der Waals surface area (Å²) in [7, 11) is 0. The molecule has 11 aromatic carbocycles. The van der Waals surface area contributed by atoms with Crippen molar-refractivity contribution >= 4 is 53.3 Å². The molecule has 15 rings (SSSR count). The van der Waals surface area contributed by atoms with E-state index in [-0.39, 0.29) is 0 Å². The summed E-state index contributed by atoms with van der Waals surface area (Å²) in [6, 6.07) is 96.9. The van der Waals surface area contributed by atoms with Crippen LogP contribution in [0.15, 0.2) is 267 Å². The Balaban J connectivity index is 0.927. The van der Waals surface area contributed by atoms with Crippen LogP contribution in [0.3, 0.4) is 0 Å². The van der Waals surface area contributed by atoms with Gasteiger partial charge in [-0.05, 0) is 110 Å². The molecule has 0 N–H and O–H groups in total. The molecule has 3 heterocycles. The number of hydrogen-bond donors (Lipinski definition) is 0. The number of para-hydroxylation sites is 1. The molecule has 350 valence electrons. The Labute approximate surface area is 438 Å². The van der Waals surface area contributed by atoms with Crippen molar-refractivity contribution in [2.24, 2.45) is 0 Å². The minimum atomic E-state index is -0.534. The van der Waals surface area contributed by atoms with Crippen molar-refractivity contribution in [3.63, 3.8) is 0 Å². The Morgan fingerprint density at radius 2 is 0.800 bits per heavy atom. The number of thiophene rings is 1. The maximum absolute atomic E-state index is 5.18. The zero-order chi connectivity index (χ0) is 49.5. The van der Waals surface area contributed by atoms with Crippen LogP contribution in [0, 0.1) is 0 Å². The van der Waals surface area contributed by atoms with Crippen molar-refractivity contribution in [3.05, 3.63) is 289 Å². The number of benzene rings is 11. The van der Waals surface area contributed by atoms with Gasteiger partial charge in [-0.1, -0.05) is 212 Å². The first-order valence-corrected chi connectivity index (χ1v) is 26.3. The van der Waals surface area contributed by atoms with E-state index in [2.05, 4.69) is 235 Å². The van der Waals surface area contributed by atoms with Crippen LogP contribution < -0.4 is 0 Å². The van der Waals surface area contributed by atoms with E-state index in [1.54, 1.807) is 0 Å². The SMILES string of the molecule is c1ccc(-c2nc(-c3ccccc3)nc(-c3cccc4sc5ccc(-c6ccc7c(c6)c6cc(-c8cccc9c8C(c8ccccc8)(c8ccccc8)c8ccccc8-9)ccc6n7-c6ccccc6)cc5c34)n2)cc1. The lowest BCUT2D eigenvalue weighted by Gasteiger charge is -2.35. The van der Waals surface area contributed by atoms with Crippen molar-refractivity contribution in [2.45, 2.75) is 5.41 Å². The van der Waals surface area contributed by atoms with E-state index in [0.29, 0.717) is 17.5 Å². The summed E-state index contributed by atoms with van der Waals surface area (Å²) in [4.78, 5) is 15.4. The summed E-state index contributed by atoms with van der Waals surface area (Å²) in [5.41, 5.74) is 18.2. The van der Waals surface area contributed by atoms with E-state index < -0.39 is 5.41 Å². The van der Waals surface area contributed by atoms with Crippen LogP contribution in [0.5, 0.6) is 0 Å². The standard InChI is InChI=1S/C70H44N4S/c1-6-20-45(21-7-1)67-71-68(46-22-8-2-9-23-46)73-69(72-67)56-33-19-35-64-65(56)59-43-48(38-41-63(59)75-64)47-36-39-61-57(42-47)58-44-49(37-40-62(58)74(61)52-28-14-5-15-29-52)53-31-18-32-55-54-30-16-17-34-60(54)70(66(53)55,50-24-10-3-11-25-50)51-26-12-4-13-27-51/h1-44H. The van der Waals surface area contributed by atoms with E-state index in [0.717, 1.165) is 49.9 Å². The summed E-state index contributed by atoms with van der Waals surface area (Å²) in [5.74, 6) is 1.95. The molecule has 0 fully saturated rings.